The molecular weight excluding hydrogens is 226 g/mol. The van der Waals surface area contributed by atoms with Crippen molar-refractivity contribution in [2.75, 3.05) is 0 Å². The number of carbonyl (C=O) groups excluding carboxylic acids is 1. The van der Waals surface area contributed by atoms with Crippen LogP contribution in [0.25, 0.3) is 0 Å². The molecule has 0 saturated carbocycles. The summed E-state index contributed by atoms with van der Waals surface area (Å²) in [5.74, 6) is -0.0497. The van der Waals surface area contributed by atoms with Crippen molar-refractivity contribution in [3.63, 3.8) is 0 Å². The van der Waals surface area contributed by atoms with Crippen molar-refractivity contribution in [2.24, 2.45) is 11.1 Å². The Bertz CT molecular complexity index is 407. The highest BCUT2D eigenvalue weighted by molar-refractivity contribution is 5.83. The van der Waals surface area contributed by atoms with Crippen molar-refractivity contribution in [1.29, 1.82) is 0 Å². The van der Waals surface area contributed by atoms with Crippen molar-refractivity contribution >= 4 is 5.91 Å². The first kappa shape index (κ1) is 14.6. The predicted octanol–water partition coefficient (Wildman–Crippen LogP) is 2.02. The third-order valence-corrected chi connectivity index (χ3v) is 3.71. The van der Waals surface area contributed by atoms with Crippen molar-refractivity contribution < 1.29 is 4.79 Å². The second-order valence-corrected chi connectivity index (χ2v) is 5.83. The molecule has 0 bridgehead atoms. The first-order valence-corrected chi connectivity index (χ1v) is 6.16. The van der Waals surface area contributed by atoms with Crippen LogP contribution < -0.4 is 11.1 Å². The lowest BCUT2D eigenvalue weighted by molar-refractivity contribution is -0.132. The topological polar surface area (TPSA) is 68.0 Å². The minimum atomic E-state index is -0.635. The van der Waals surface area contributed by atoms with Crippen LogP contribution in [0.15, 0.2) is 24.5 Å². The Kier molecular flexibility index (Phi) is 4.12. The molecule has 1 rings (SSSR count). The van der Waals surface area contributed by atoms with Gasteiger partial charge in [0, 0.05) is 17.9 Å². The van der Waals surface area contributed by atoms with E-state index in [2.05, 4.69) is 10.3 Å². The number of amides is 1. The summed E-state index contributed by atoms with van der Waals surface area (Å²) >= 11 is 0. The van der Waals surface area contributed by atoms with Gasteiger partial charge in [-0.05, 0) is 46.2 Å². The molecule has 100 valence electrons. The largest absolute Gasteiger partial charge is 0.349 e. The third kappa shape index (κ3) is 3.07. The van der Waals surface area contributed by atoms with Gasteiger partial charge in [-0.3, -0.25) is 9.78 Å². The summed E-state index contributed by atoms with van der Waals surface area (Å²) in [6.07, 6.45) is 3.47. The van der Waals surface area contributed by atoms with Crippen LogP contribution >= 0.6 is 0 Å². The van der Waals surface area contributed by atoms with Gasteiger partial charge in [-0.2, -0.15) is 0 Å². The fourth-order valence-corrected chi connectivity index (χ4v) is 1.39. The first-order chi connectivity index (χ1) is 8.16. The van der Waals surface area contributed by atoms with E-state index >= 15 is 0 Å². The highest BCUT2D eigenvalue weighted by atomic mass is 16.2. The number of nitrogens with two attached hydrogens (primary N) is 1. The zero-order valence-corrected chi connectivity index (χ0v) is 11.8. The van der Waals surface area contributed by atoms with E-state index in [1.807, 2.05) is 46.8 Å². The molecule has 1 amide bonds. The highest BCUT2D eigenvalue weighted by Gasteiger charge is 2.40. The van der Waals surface area contributed by atoms with Gasteiger partial charge >= 0.3 is 0 Å². The molecule has 0 saturated heterocycles. The summed E-state index contributed by atoms with van der Waals surface area (Å²) in [6.45, 7) is 9.38. The zero-order chi connectivity index (χ0) is 14.0. The van der Waals surface area contributed by atoms with Gasteiger partial charge in [-0.25, -0.2) is 0 Å². The van der Waals surface area contributed by atoms with Gasteiger partial charge in [0.05, 0.1) is 11.5 Å². The number of aromatic nitrogens is 1. The number of nitrogens with one attached hydrogen (secondary N) is 1. The van der Waals surface area contributed by atoms with Gasteiger partial charge in [0.25, 0.3) is 0 Å². The molecule has 4 heteroatoms. The molecular formula is C14H23N3O. The molecule has 0 fully saturated rings. The summed E-state index contributed by atoms with van der Waals surface area (Å²) in [5.41, 5.74) is 5.83. The maximum Gasteiger partial charge on any atom is 0.227 e. The number of nitrogens with zero attached hydrogens (tertiary/aromatic N) is 1. The minimum absolute atomic E-state index is 0.0497. The van der Waals surface area contributed by atoms with E-state index in [1.54, 1.807) is 12.4 Å². The van der Waals surface area contributed by atoms with Gasteiger partial charge in [0.15, 0.2) is 0 Å². The standard InChI is InChI=1S/C14H23N3O/c1-10(11-7-6-8-16-9-11)17-12(18)13(2,3)14(4,5)15/h6-10H,15H2,1-5H3,(H,17,18). The summed E-state index contributed by atoms with van der Waals surface area (Å²) in [6, 6.07) is 3.72. The molecule has 1 aromatic heterocycles. The molecule has 1 aromatic rings. The predicted molar refractivity (Wildman–Crippen MR) is 72.8 cm³/mol. The van der Waals surface area contributed by atoms with Gasteiger partial charge in [-0.1, -0.05) is 6.07 Å². The van der Waals surface area contributed by atoms with E-state index < -0.39 is 11.0 Å². The minimum Gasteiger partial charge on any atom is -0.349 e. The molecule has 1 atom stereocenters. The fourth-order valence-electron chi connectivity index (χ4n) is 1.39. The molecule has 1 heterocycles. The number of pyridine rings is 1. The molecule has 0 aliphatic rings. The number of carbonyl (C=O) groups is 1. The van der Waals surface area contributed by atoms with Crippen molar-refractivity contribution in [2.45, 2.75) is 46.2 Å². The Morgan fingerprint density at radius 1 is 1.39 bits per heavy atom. The van der Waals surface area contributed by atoms with Crippen LogP contribution in [0.3, 0.4) is 0 Å². The second-order valence-electron chi connectivity index (χ2n) is 5.83. The molecule has 0 aromatic carbocycles. The van der Waals surface area contributed by atoms with Crippen LogP contribution in [-0.4, -0.2) is 16.4 Å². The maximum absolute atomic E-state index is 12.3. The van der Waals surface area contributed by atoms with Gasteiger partial charge in [0.2, 0.25) is 5.91 Å². The number of hydrogen-bond acceptors (Lipinski definition) is 3. The van der Waals surface area contributed by atoms with Crippen molar-refractivity contribution in [3.05, 3.63) is 30.1 Å². The first-order valence-electron chi connectivity index (χ1n) is 6.16. The second kappa shape index (κ2) is 5.06. The molecule has 3 N–H and O–H groups in total. The van der Waals surface area contributed by atoms with E-state index in [9.17, 15) is 4.79 Å². The molecule has 0 aliphatic carbocycles. The molecule has 0 aliphatic heterocycles. The van der Waals surface area contributed by atoms with Gasteiger partial charge in [-0.15, -0.1) is 0 Å². The van der Waals surface area contributed by atoms with Crippen LogP contribution in [-0.2, 0) is 4.79 Å². The number of hydrogen-bond donors (Lipinski definition) is 2. The van der Waals surface area contributed by atoms with E-state index in [0.29, 0.717) is 0 Å². The lowest BCUT2D eigenvalue weighted by Crippen LogP contribution is -2.55. The van der Waals surface area contributed by atoms with Gasteiger partial charge in [0.1, 0.15) is 0 Å². The Hall–Kier alpha value is -1.42. The van der Waals surface area contributed by atoms with E-state index in [4.69, 9.17) is 5.73 Å². The molecule has 0 radical (unpaired) electrons. The number of rotatable bonds is 4. The Morgan fingerprint density at radius 2 is 2.00 bits per heavy atom. The van der Waals surface area contributed by atoms with Crippen molar-refractivity contribution in [1.82, 2.24) is 10.3 Å². The molecule has 1 unspecified atom stereocenters. The lowest BCUT2D eigenvalue weighted by atomic mass is 9.74. The summed E-state index contributed by atoms with van der Waals surface area (Å²) in [7, 11) is 0. The van der Waals surface area contributed by atoms with E-state index in [-0.39, 0.29) is 11.9 Å². The Morgan fingerprint density at radius 3 is 2.44 bits per heavy atom. The average molecular weight is 249 g/mol. The van der Waals surface area contributed by atoms with E-state index in [1.165, 1.54) is 0 Å². The molecule has 0 spiro atoms. The molecule has 4 nitrogen and oxygen atoms in total. The Labute approximate surface area is 109 Å². The average Bonchev–Trinajstić information content (AvgIpc) is 2.28. The normalized spacial score (nSPS) is 14.1. The quantitative estimate of drug-likeness (QED) is 0.858. The Balaban J connectivity index is 2.78. The summed E-state index contributed by atoms with van der Waals surface area (Å²) < 4.78 is 0. The van der Waals surface area contributed by atoms with Crippen LogP contribution in [0.2, 0.25) is 0 Å². The van der Waals surface area contributed by atoms with Crippen LogP contribution in [0, 0.1) is 5.41 Å². The highest BCUT2D eigenvalue weighted by Crippen LogP contribution is 2.29. The maximum atomic E-state index is 12.3. The van der Waals surface area contributed by atoms with Crippen LogP contribution in [0.5, 0.6) is 0 Å². The fraction of sp³-hybridized carbons (Fsp3) is 0.571. The lowest BCUT2D eigenvalue weighted by Gasteiger charge is -2.37. The molecule has 18 heavy (non-hydrogen) atoms. The smallest absolute Gasteiger partial charge is 0.227 e. The zero-order valence-electron chi connectivity index (χ0n) is 11.8. The van der Waals surface area contributed by atoms with Crippen LogP contribution in [0.4, 0.5) is 0 Å². The summed E-state index contributed by atoms with van der Waals surface area (Å²) in [4.78, 5) is 16.3. The van der Waals surface area contributed by atoms with Crippen molar-refractivity contribution in [3.8, 4) is 0 Å². The third-order valence-electron chi connectivity index (χ3n) is 3.71. The monoisotopic (exact) mass is 249 g/mol. The van der Waals surface area contributed by atoms with Crippen LogP contribution in [0.1, 0.15) is 46.2 Å². The SMILES string of the molecule is CC(NC(=O)C(C)(C)C(C)(C)N)c1cccnc1. The summed E-state index contributed by atoms with van der Waals surface area (Å²) in [5, 5.41) is 2.98. The van der Waals surface area contributed by atoms with E-state index in [0.717, 1.165) is 5.56 Å². The van der Waals surface area contributed by atoms with Gasteiger partial charge < -0.3 is 11.1 Å².